The summed E-state index contributed by atoms with van der Waals surface area (Å²) in [6.45, 7) is 1.12. The summed E-state index contributed by atoms with van der Waals surface area (Å²) in [5.41, 5.74) is 2.58. The fourth-order valence-corrected chi connectivity index (χ4v) is 3.61. The van der Waals surface area contributed by atoms with Gasteiger partial charge in [0.15, 0.2) is 5.75 Å². The van der Waals surface area contributed by atoms with Crippen LogP contribution in [0.25, 0.3) is 5.57 Å². The van der Waals surface area contributed by atoms with E-state index in [9.17, 15) is 0 Å². The summed E-state index contributed by atoms with van der Waals surface area (Å²) in [5, 5.41) is 3.67. The number of nitrogens with one attached hydrogen (secondary N) is 1. The summed E-state index contributed by atoms with van der Waals surface area (Å²) in [5.74, 6) is 1.58. The third-order valence-electron chi connectivity index (χ3n) is 4.18. The number of halogens is 1. The smallest absolute Gasteiger partial charge is 0.152 e. The van der Waals surface area contributed by atoms with Crippen LogP contribution in [0.4, 0.5) is 0 Å². The SMILES string of the molecule is COc1cc(C2=CCCC3CCCNC23)cnc1Br. The van der Waals surface area contributed by atoms with E-state index >= 15 is 0 Å². The molecule has 102 valence electrons. The molecule has 0 bridgehead atoms. The Morgan fingerprint density at radius 1 is 1.42 bits per heavy atom. The average molecular weight is 323 g/mol. The minimum absolute atomic E-state index is 0.496. The summed E-state index contributed by atoms with van der Waals surface area (Å²) in [6.07, 6.45) is 9.44. The lowest BCUT2D eigenvalue weighted by molar-refractivity contribution is 0.303. The number of hydrogen-bond donors (Lipinski definition) is 1. The van der Waals surface area contributed by atoms with Crippen LogP contribution >= 0.6 is 15.9 Å². The number of nitrogens with zero attached hydrogens (tertiary/aromatic N) is 1. The number of allylic oxidation sites excluding steroid dienone is 1. The first-order valence-electron chi connectivity index (χ1n) is 6.93. The van der Waals surface area contributed by atoms with Gasteiger partial charge in [0.05, 0.1) is 7.11 Å². The van der Waals surface area contributed by atoms with Crippen LogP contribution in [0.2, 0.25) is 0 Å². The Morgan fingerprint density at radius 3 is 3.16 bits per heavy atom. The summed E-state index contributed by atoms with van der Waals surface area (Å²) >= 11 is 3.41. The molecule has 1 aromatic rings. The summed E-state index contributed by atoms with van der Waals surface area (Å²) in [4.78, 5) is 4.39. The van der Waals surface area contributed by atoms with Crippen molar-refractivity contribution in [1.29, 1.82) is 0 Å². The van der Waals surface area contributed by atoms with Crippen molar-refractivity contribution in [1.82, 2.24) is 10.3 Å². The maximum atomic E-state index is 5.36. The largest absolute Gasteiger partial charge is 0.494 e. The van der Waals surface area contributed by atoms with E-state index < -0.39 is 0 Å². The molecule has 19 heavy (non-hydrogen) atoms. The van der Waals surface area contributed by atoms with Gasteiger partial charge in [-0.1, -0.05) is 6.08 Å². The average Bonchev–Trinajstić information content (AvgIpc) is 2.47. The molecule has 0 spiro atoms. The van der Waals surface area contributed by atoms with Gasteiger partial charge in [0.1, 0.15) is 4.60 Å². The first-order chi connectivity index (χ1) is 9.29. The molecule has 3 nitrogen and oxygen atoms in total. The Morgan fingerprint density at radius 2 is 2.32 bits per heavy atom. The number of methoxy groups -OCH3 is 1. The van der Waals surface area contributed by atoms with Gasteiger partial charge in [0.2, 0.25) is 0 Å². The zero-order chi connectivity index (χ0) is 13.2. The molecule has 1 aliphatic heterocycles. The number of fused-ring (bicyclic) bond motifs is 1. The lowest BCUT2D eigenvalue weighted by atomic mass is 9.77. The van der Waals surface area contributed by atoms with E-state index in [2.05, 4.69) is 38.4 Å². The lowest BCUT2D eigenvalue weighted by Crippen LogP contribution is -2.43. The van der Waals surface area contributed by atoms with Crippen molar-refractivity contribution in [2.45, 2.75) is 31.7 Å². The molecule has 1 aliphatic carbocycles. The molecule has 0 radical (unpaired) electrons. The highest BCUT2D eigenvalue weighted by atomic mass is 79.9. The molecule has 2 heterocycles. The van der Waals surface area contributed by atoms with Crippen molar-refractivity contribution in [3.8, 4) is 5.75 Å². The quantitative estimate of drug-likeness (QED) is 0.847. The van der Waals surface area contributed by atoms with Gasteiger partial charge in [0.25, 0.3) is 0 Å². The van der Waals surface area contributed by atoms with Crippen LogP contribution in [0, 0.1) is 5.92 Å². The van der Waals surface area contributed by atoms with Gasteiger partial charge in [-0.2, -0.15) is 0 Å². The molecule has 1 N–H and O–H groups in total. The first-order valence-corrected chi connectivity index (χ1v) is 7.72. The summed E-state index contributed by atoms with van der Waals surface area (Å²) < 4.78 is 6.12. The van der Waals surface area contributed by atoms with Gasteiger partial charge in [0, 0.05) is 17.8 Å². The van der Waals surface area contributed by atoms with Crippen LogP contribution in [-0.4, -0.2) is 24.7 Å². The maximum Gasteiger partial charge on any atom is 0.152 e. The maximum absolute atomic E-state index is 5.36. The van der Waals surface area contributed by atoms with Crippen molar-refractivity contribution < 1.29 is 4.74 Å². The second-order valence-electron chi connectivity index (χ2n) is 5.29. The molecule has 4 heteroatoms. The molecule has 2 aliphatic rings. The standard InChI is InChI=1S/C15H19BrN2O/c1-19-13-8-11(9-18-15(13)16)12-6-2-4-10-5-3-7-17-14(10)12/h6,8-10,14,17H,2-5,7H2,1H3. The molecule has 2 atom stereocenters. The minimum atomic E-state index is 0.496. The third kappa shape index (κ3) is 2.56. The molecule has 1 aromatic heterocycles. The summed E-state index contributed by atoms with van der Waals surface area (Å²) in [6, 6.07) is 2.58. The Bertz CT molecular complexity index is 501. The van der Waals surface area contributed by atoms with E-state index in [0.29, 0.717) is 6.04 Å². The van der Waals surface area contributed by atoms with Gasteiger partial charge in [-0.25, -0.2) is 4.98 Å². The van der Waals surface area contributed by atoms with E-state index in [1.165, 1.54) is 36.8 Å². The number of ether oxygens (including phenoxy) is 1. The van der Waals surface area contributed by atoms with Crippen LogP contribution in [0.1, 0.15) is 31.2 Å². The highest BCUT2D eigenvalue weighted by molar-refractivity contribution is 9.10. The zero-order valence-electron chi connectivity index (χ0n) is 11.2. The van der Waals surface area contributed by atoms with Crippen LogP contribution in [0.15, 0.2) is 22.9 Å². The van der Waals surface area contributed by atoms with Crippen molar-refractivity contribution in [2.75, 3.05) is 13.7 Å². The number of hydrogen-bond acceptors (Lipinski definition) is 3. The van der Waals surface area contributed by atoms with E-state index in [-0.39, 0.29) is 0 Å². The first kappa shape index (κ1) is 13.1. The van der Waals surface area contributed by atoms with Gasteiger partial charge in [-0.15, -0.1) is 0 Å². The van der Waals surface area contributed by atoms with Gasteiger partial charge < -0.3 is 10.1 Å². The lowest BCUT2D eigenvalue weighted by Gasteiger charge is -2.37. The predicted molar refractivity (Wildman–Crippen MR) is 80.2 cm³/mol. The Kier molecular flexibility index (Phi) is 3.89. The van der Waals surface area contributed by atoms with E-state index in [0.717, 1.165) is 22.8 Å². The van der Waals surface area contributed by atoms with Crippen LogP contribution in [0.5, 0.6) is 5.75 Å². The van der Waals surface area contributed by atoms with Crippen LogP contribution in [-0.2, 0) is 0 Å². The normalized spacial score (nSPS) is 26.5. The monoisotopic (exact) mass is 322 g/mol. The molecule has 0 saturated carbocycles. The molecule has 1 fully saturated rings. The van der Waals surface area contributed by atoms with E-state index in [4.69, 9.17) is 4.74 Å². The van der Waals surface area contributed by atoms with Crippen molar-refractivity contribution in [3.63, 3.8) is 0 Å². The van der Waals surface area contributed by atoms with E-state index in [1.807, 2.05) is 6.20 Å². The van der Waals surface area contributed by atoms with Gasteiger partial charge in [-0.3, -0.25) is 0 Å². The molecule has 0 aromatic carbocycles. The fraction of sp³-hybridized carbons (Fsp3) is 0.533. The van der Waals surface area contributed by atoms with Crippen molar-refractivity contribution >= 4 is 21.5 Å². The van der Waals surface area contributed by atoms with Gasteiger partial charge >= 0.3 is 0 Å². The number of rotatable bonds is 2. The molecule has 0 amide bonds. The second kappa shape index (κ2) is 5.63. The van der Waals surface area contributed by atoms with Gasteiger partial charge in [-0.05, 0) is 65.7 Å². The highest BCUT2D eigenvalue weighted by Gasteiger charge is 2.30. The van der Waals surface area contributed by atoms with E-state index in [1.54, 1.807) is 7.11 Å². The summed E-state index contributed by atoms with van der Waals surface area (Å²) in [7, 11) is 1.68. The fourth-order valence-electron chi connectivity index (χ4n) is 3.24. The van der Waals surface area contributed by atoms with Crippen LogP contribution < -0.4 is 10.1 Å². The van der Waals surface area contributed by atoms with Crippen LogP contribution in [0.3, 0.4) is 0 Å². The minimum Gasteiger partial charge on any atom is -0.494 e. The Hall–Kier alpha value is -0.870. The number of aromatic nitrogens is 1. The number of piperidine rings is 1. The van der Waals surface area contributed by atoms with Crippen molar-refractivity contribution in [2.24, 2.45) is 5.92 Å². The Balaban J connectivity index is 1.94. The van der Waals surface area contributed by atoms with Crippen molar-refractivity contribution in [3.05, 3.63) is 28.5 Å². The molecule has 2 unspecified atom stereocenters. The third-order valence-corrected chi connectivity index (χ3v) is 4.78. The Labute approximate surface area is 122 Å². The highest BCUT2D eigenvalue weighted by Crippen LogP contribution is 2.37. The second-order valence-corrected chi connectivity index (χ2v) is 6.04. The molecular formula is C15H19BrN2O. The number of pyridine rings is 1. The molecule has 1 saturated heterocycles. The topological polar surface area (TPSA) is 34.1 Å². The molecule has 3 rings (SSSR count). The molecular weight excluding hydrogens is 304 g/mol. The predicted octanol–water partition coefficient (Wildman–Crippen LogP) is 3.40. The zero-order valence-corrected chi connectivity index (χ0v) is 12.7.